The van der Waals surface area contributed by atoms with Gasteiger partial charge in [-0.3, -0.25) is 0 Å². The van der Waals surface area contributed by atoms with Crippen molar-refractivity contribution in [3.05, 3.63) is 0 Å². The number of hydrogen-bond acceptors (Lipinski definition) is 2. The minimum Gasteiger partial charge on any atom is -0.360 e. The Morgan fingerprint density at radius 3 is 2.39 bits per heavy atom. The summed E-state index contributed by atoms with van der Waals surface area (Å²) >= 11 is 5.55. The van der Waals surface area contributed by atoms with Crippen LogP contribution in [0.5, 0.6) is 0 Å². The molecule has 2 fully saturated rings. The molecule has 134 valence electrons. The quantitative estimate of drug-likeness (QED) is 0.679. The van der Waals surface area contributed by atoms with Crippen molar-refractivity contribution in [2.24, 2.45) is 17.8 Å². The van der Waals surface area contributed by atoms with Gasteiger partial charge in [0.25, 0.3) is 0 Å². The highest BCUT2D eigenvalue weighted by Crippen LogP contribution is 2.24. The second-order valence-electron chi connectivity index (χ2n) is 8.05. The molecule has 0 radical (unpaired) electrons. The largest absolute Gasteiger partial charge is 0.360 e. The molecule has 0 spiro atoms. The van der Waals surface area contributed by atoms with E-state index in [4.69, 9.17) is 12.2 Å². The summed E-state index contributed by atoms with van der Waals surface area (Å²) in [6.45, 7) is 15.4. The molecule has 3 nitrogen and oxygen atoms in total. The number of nitrogens with one attached hydrogen (secondary N) is 1. The average Bonchev–Trinajstić information content (AvgIpc) is 2.86. The molecule has 2 saturated heterocycles. The molecule has 0 unspecified atom stereocenters. The first-order chi connectivity index (χ1) is 11.0. The Labute approximate surface area is 149 Å². The molecule has 0 aromatic rings. The van der Waals surface area contributed by atoms with Crippen LogP contribution in [0.3, 0.4) is 0 Å². The van der Waals surface area contributed by atoms with Gasteiger partial charge >= 0.3 is 0 Å². The zero-order valence-electron chi connectivity index (χ0n) is 15.7. The molecule has 2 heterocycles. The maximum atomic E-state index is 5.55. The highest BCUT2D eigenvalue weighted by molar-refractivity contribution is 7.80. The highest BCUT2D eigenvalue weighted by Gasteiger charge is 2.31. The number of likely N-dealkylation sites (tertiary alicyclic amines) is 1. The van der Waals surface area contributed by atoms with Crippen molar-refractivity contribution < 1.29 is 0 Å². The zero-order valence-corrected chi connectivity index (χ0v) is 16.5. The van der Waals surface area contributed by atoms with E-state index in [0.717, 1.165) is 29.4 Å². The first-order valence-corrected chi connectivity index (χ1v) is 10.2. The molecule has 2 rings (SSSR count). The topological polar surface area (TPSA) is 18.5 Å². The molecule has 0 aromatic carbocycles. The van der Waals surface area contributed by atoms with E-state index in [1.807, 2.05) is 0 Å². The minimum absolute atomic E-state index is 0.616. The van der Waals surface area contributed by atoms with E-state index in [0.29, 0.717) is 6.04 Å². The van der Waals surface area contributed by atoms with Gasteiger partial charge in [0.05, 0.1) is 0 Å². The Morgan fingerprint density at radius 1 is 1.17 bits per heavy atom. The Hall–Kier alpha value is -0.350. The third kappa shape index (κ3) is 5.60. The zero-order chi connectivity index (χ0) is 16.8. The van der Waals surface area contributed by atoms with Crippen LogP contribution < -0.4 is 5.32 Å². The van der Waals surface area contributed by atoms with Crippen LogP contribution in [0.2, 0.25) is 0 Å². The Kier molecular flexibility index (Phi) is 7.61. The molecular formula is C19H37N3S. The van der Waals surface area contributed by atoms with Gasteiger partial charge in [-0.1, -0.05) is 40.5 Å². The summed E-state index contributed by atoms with van der Waals surface area (Å²) in [5, 5.41) is 4.41. The summed E-state index contributed by atoms with van der Waals surface area (Å²) in [5.74, 6) is 2.45. The van der Waals surface area contributed by atoms with Crippen LogP contribution >= 0.6 is 12.2 Å². The van der Waals surface area contributed by atoms with E-state index < -0.39 is 0 Å². The summed E-state index contributed by atoms with van der Waals surface area (Å²) in [7, 11) is 0. The molecule has 2 aliphatic heterocycles. The number of hydrogen-bond donors (Lipinski definition) is 1. The van der Waals surface area contributed by atoms with Gasteiger partial charge in [-0.15, -0.1) is 0 Å². The Balaban J connectivity index is 1.77. The predicted octanol–water partition coefficient (Wildman–Crippen LogP) is 3.74. The smallest absolute Gasteiger partial charge is 0.169 e. The van der Waals surface area contributed by atoms with Crippen LogP contribution in [0.1, 0.15) is 59.8 Å². The fourth-order valence-electron chi connectivity index (χ4n) is 4.11. The summed E-state index contributed by atoms with van der Waals surface area (Å²) < 4.78 is 0. The number of piperidine rings is 1. The summed E-state index contributed by atoms with van der Waals surface area (Å²) in [5.41, 5.74) is 0. The van der Waals surface area contributed by atoms with E-state index in [1.54, 1.807) is 0 Å². The van der Waals surface area contributed by atoms with Gasteiger partial charge in [0, 0.05) is 25.7 Å². The molecular weight excluding hydrogens is 302 g/mol. The lowest BCUT2D eigenvalue weighted by atomic mass is 9.93. The van der Waals surface area contributed by atoms with E-state index in [9.17, 15) is 0 Å². The minimum atomic E-state index is 0.616. The van der Waals surface area contributed by atoms with Gasteiger partial charge in [0.15, 0.2) is 5.11 Å². The van der Waals surface area contributed by atoms with E-state index in [2.05, 4.69) is 42.8 Å². The van der Waals surface area contributed by atoms with Crippen molar-refractivity contribution in [2.45, 2.75) is 65.8 Å². The third-order valence-electron chi connectivity index (χ3n) is 5.77. The number of nitrogens with zero attached hydrogens (tertiary/aromatic N) is 2. The van der Waals surface area contributed by atoms with Crippen molar-refractivity contribution in [1.82, 2.24) is 15.1 Å². The lowest BCUT2D eigenvalue weighted by Crippen LogP contribution is -2.43. The van der Waals surface area contributed by atoms with Gasteiger partial charge < -0.3 is 15.1 Å². The Morgan fingerprint density at radius 2 is 1.83 bits per heavy atom. The molecule has 1 N–H and O–H groups in total. The monoisotopic (exact) mass is 339 g/mol. The van der Waals surface area contributed by atoms with Crippen molar-refractivity contribution in [3.8, 4) is 0 Å². The third-order valence-corrected chi connectivity index (χ3v) is 6.15. The molecule has 23 heavy (non-hydrogen) atoms. The van der Waals surface area contributed by atoms with Crippen molar-refractivity contribution >= 4 is 17.3 Å². The summed E-state index contributed by atoms with van der Waals surface area (Å²) in [6.07, 6.45) is 6.57. The lowest BCUT2D eigenvalue weighted by Gasteiger charge is -2.37. The highest BCUT2D eigenvalue weighted by atomic mass is 32.1. The first-order valence-electron chi connectivity index (χ1n) is 9.80. The summed E-state index contributed by atoms with van der Waals surface area (Å²) in [6, 6.07) is 0.616. The maximum absolute atomic E-state index is 5.55. The van der Waals surface area contributed by atoms with Gasteiger partial charge in [0.1, 0.15) is 0 Å². The second-order valence-corrected chi connectivity index (χ2v) is 8.43. The van der Waals surface area contributed by atoms with E-state index >= 15 is 0 Å². The second kappa shape index (κ2) is 9.22. The van der Waals surface area contributed by atoms with Crippen molar-refractivity contribution in [1.29, 1.82) is 0 Å². The maximum Gasteiger partial charge on any atom is 0.169 e. The average molecular weight is 340 g/mol. The van der Waals surface area contributed by atoms with Crippen LogP contribution in [0.25, 0.3) is 0 Å². The molecule has 0 saturated carbocycles. The van der Waals surface area contributed by atoms with Gasteiger partial charge in [-0.25, -0.2) is 0 Å². The van der Waals surface area contributed by atoms with Crippen molar-refractivity contribution in [3.63, 3.8) is 0 Å². The van der Waals surface area contributed by atoms with Crippen LogP contribution in [0.15, 0.2) is 0 Å². The van der Waals surface area contributed by atoms with Crippen LogP contribution in [0.4, 0.5) is 0 Å². The molecule has 1 atom stereocenters. The first kappa shape index (κ1) is 19.0. The van der Waals surface area contributed by atoms with Crippen LogP contribution in [-0.4, -0.2) is 53.7 Å². The SMILES string of the molecule is CCC(CC)CN1CCC(CN2C(=S)NC[C@@H]2CC(C)C)CC1. The van der Waals surface area contributed by atoms with Crippen molar-refractivity contribution in [2.75, 3.05) is 32.7 Å². The fourth-order valence-corrected chi connectivity index (χ4v) is 4.42. The van der Waals surface area contributed by atoms with Gasteiger partial charge in [-0.2, -0.15) is 0 Å². The van der Waals surface area contributed by atoms with E-state index in [1.165, 1.54) is 58.3 Å². The standard InChI is InChI=1S/C19H37N3S/c1-5-16(6-2)13-21-9-7-17(8-10-21)14-22-18(11-15(3)4)12-20-19(22)23/h15-18H,5-14H2,1-4H3,(H,20,23)/t18-/m0/s1. The van der Waals surface area contributed by atoms with Gasteiger partial charge in [-0.05, 0) is 62.3 Å². The summed E-state index contributed by atoms with van der Waals surface area (Å²) in [4.78, 5) is 5.19. The predicted molar refractivity (Wildman–Crippen MR) is 104 cm³/mol. The molecule has 0 aliphatic carbocycles. The molecule has 0 bridgehead atoms. The fraction of sp³-hybridized carbons (Fsp3) is 0.947. The Bertz CT molecular complexity index is 360. The molecule has 4 heteroatoms. The normalized spacial score (nSPS) is 24.0. The number of thiocarbonyl (C=S) groups is 1. The van der Waals surface area contributed by atoms with E-state index in [-0.39, 0.29) is 0 Å². The lowest BCUT2D eigenvalue weighted by molar-refractivity contribution is 0.138. The molecule has 0 amide bonds. The number of rotatable bonds is 8. The molecule has 0 aromatic heterocycles. The van der Waals surface area contributed by atoms with Gasteiger partial charge in [0.2, 0.25) is 0 Å². The van der Waals surface area contributed by atoms with Crippen LogP contribution in [0, 0.1) is 17.8 Å². The van der Waals surface area contributed by atoms with Crippen LogP contribution in [-0.2, 0) is 0 Å². The molecule has 2 aliphatic rings.